The minimum Gasteiger partial charge on any atom is -0.492 e. The number of aromatic carboxylic acids is 1. The van der Waals surface area contributed by atoms with Gasteiger partial charge in [0.2, 0.25) is 0 Å². The largest absolute Gasteiger partial charge is 0.492 e. The molecule has 0 radical (unpaired) electrons. The fraction of sp³-hybridized carbons (Fsp3) is 0.154. The summed E-state index contributed by atoms with van der Waals surface area (Å²) < 4.78 is 7.64. The lowest BCUT2D eigenvalue weighted by atomic mass is 10.3. The Hall–Kier alpha value is -2.35. The van der Waals surface area contributed by atoms with Gasteiger partial charge < -0.3 is 14.4 Å². The van der Waals surface area contributed by atoms with E-state index in [0.29, 0.717) is 5.75 Å². The summed E-state index contributed by atoms with van der Waals surface area (Å²) in [7, 11) is 0. The van der Waals surface area contributed by atoms with Crippen molar-refractivity contribution in [2.45, 2.75) is 6.54 Å². The van der Waals surface area contributed by atoms with Crippen molar-refractivity contribution >= 4 is 27.6 Å². The molecule has 0 amide bonds. The Morgan fingerprint density at radius 2 is 2.19 bits per heavy atom. The van der Waals surface area contributed by atoms with Crippen LogP contribution in [0, 0.1) is 10.1 Å². The lowest BCUT2D eigenvalue weighted by molar-refractivity contribution is -0.384. The molecule has 0 aliphatic carbocycles. The summed E-state index contributed by atoms with van der Waals surface area (Å²) in [6.07, 6.45) is 1.19. The number of nitrogens with zero attached hydrogens (tertiary/aromatic N) is 2. The molecule has 2 rings (SSSR count). The van der Waals surface area contributed by atoms with Gasteiger partial charge in [0.15, 0.2) is 0 Å². The number of nitro groups is 1. The summed E-state index contributed by atoms with van der Waals surface area (Å²) >= 11 is 3.31. The molecular weight excluding hydrogens is 344 g/mol. The normalized spacial score (nSPS) is 10.3. The van der Waals surface area contributed by atoms with Gasteiger partial charge in [0.05, 0.1) is 17.7 Å². The number of halogens is 1. The molecule has 0 aliphatic heterocycles. The lowest BCUT2D eigenvalue weighted by Crippen LogP contribution is -2.12. The number of hydrogen-bond acceptors (Lipinski definition) is 4. The summed E-state index contributed by atoms with van der Waals surface area (Å²) in [6.45, 7) is 0.393. The van der Waals surface area contributed by atoms with Crippen molar-refractivity contribution in [1.29, 1.82) is 0 Å². The zero-order valence-corrected chi connectivity index (χ0v) is 12.3. The van der Waals surface area contributed by atoms with E-state index in [2.05, 4.69) is 15.9 Å². The zero-order valence-electron chi connectivity index (χ0n) is 10.7. The highest BCUT2D eigenvalue weighted by atomic mass is 79.9. The number of ether oxygens (including phenoxy) is 1. The van der Waals surface area contributed by atoms with Gasteiger partial charge >= 0.3 is 5.97 Å². The maximum absolute atomic E-state index is 11.0. The first kappa shape index (κ1) is 15.0. The van der Waals surface area contributed by atoms with E-state index in [1.807, 2.05) is 12.1 Å². The zero-order chi connectivity index (χ0) is 15.4. The summed E-state index contributed by atoms with van der Waals surface area (Å²) in [5, 5.41) is 19.7. The maximum Gasteiger partial charge on any atom is 0.352 e. The first-order chi connectivity index (χ1) is 9.97. The molecule has 0 spiro atoms. The number of carbonyl (C=O) groups is 1. The third-order valence-corrected chi connectivity index (χ3v) is 3.20. The van der Waals surface area contributed by atoms with Crippen molar-refractivity contribution in [3.05, 3.63) is 56.8 Å². The molecule has 0 saturated heterocycles. The highest BCUT2D eigenvalue weighted by molar-refractivity contribution is 9.10. The van der Waals surface area contributed by atoms with Crippen molar-refractivity contribution in [1.82, 2.24) is 4.57 Å². The van der Waals surface area contributed by atoms with Gasteiger partial charge in [-0.1, -0.05) is 22.0 Å². The number of hydrogen-bond donors (Lipinski definition) is 1. The lowest BCUT2D eigenvalue weighted by Gasteiger charge is -2.08. The second-order valence-electron chi connectivity index (χ2n) is 4.15. The van der Waals surface area contributed by atoms with Crippen LogP contribution < -0.4 is 4.74 Å². The van der Waals surface area contributed by atoms with Crippen LogP contribution in [0.4, 0.5) is 5.69 Å². The van der Waals surface area contributed by atoms with Gasteiger partial charge in [-0.25, -0.2) is 4.79 Å². The molecule has 0 saturated carbocycles. The van der Waals surface area contributed by atoms with Gasteiger partial charge in [0.25, 0.3) is 5.69 Å². The fourth-order valence-electron chi connectivity index (χ4n) is 1.78. The van der Waals surface area contributed by atoms with Crippen molar-refractivity contribution in [3.63, 3.8) is 0 Å². The van der Waals surface area contributed by atoms with Gasteiger partial charge in [0.1, 0.15) is 18.1 Å². The van der Waals surface area contributed by atoms with Gasteiger partial charge in [0, 0.05) is 10.5 Å². The molecular formula is C13H11BrN2O5. The Balaban J connectivity index is 2.05. The molecule has 0 atom stereocenters. The summed E-state index contributed by atoms with van der Waals surface area (Å²) in [6, 6.07) is 8.23. The highest BCUT2D eigenvalue weighted by Gasteiger charge is 2.18. The minimum absolute atomic E-state index is 0.139. The van der Waals surface area contributed by atoms with Gasteiger partial charge in [-0.2, -0.15) is 0 Å². The minimum atomic E-state index is -1.22. The van der Waals surface area contributed by atoms with Gasteiger partial charge in [-0.05, 0) is 18.2 Å². The molecule has 1 aromatic heterocycles. The molecule has 0 aliphatic rings. The number of carboxylic acid groups (broad SMARTS) is 1. The van der Waals surface area contributed by atoms with Crippen LogP contribution in [-0.4, -0.2) is 27.2 Å². The molecule has 8 heteroatoms. The third kappa shape index (κ3) is 3.82. The Morgan fingerprint density at radius 3 is 2.81 bits per heavy atom. The Labute approximate surface area is 128 Å². The van der Waals surface area contributed by atoms with Crippen LogP contribution >= 0.6 is 15.9 Å². The van der Waals surface area contributed by atoms with Gasteiger partial charge in [-0.15, -0.1) is 0 Å². The van der Waals surface area contributed by atoms with Crippen molar-refractivity contribution in [2.75, 3.05) is 6.61 Å². The summed E-state index contributed by atoms with van der Waals surface area (Å²) in [5.74, 6) is -0.589. The average molecular weight is 355 g/mol. The highest BCUT2D eigenvalue weighted by Crippen LogP contribution is 2.19. The summed E-state index contributed by atoms with van der Waals surface area (Å²) in [4.78, 5) is 21.1. The Bertz CT molecular complexity index is 683. The molecule has 1 aromatic carbocycles. The van der Waals surface area contributed by atoms with E-state index in [9.17, 15) is 14.9 Å². The second-order valence-corrected chi connectivity index (χ2v) is 5.06. The predicted molar refractivity (Wildman–Crippen MR) is 77.7 cm³/mol. The van der Waals surface area contributed by atoms with Crippen LogP contribution in [0.1, 0.15) is 10.5 Å². The molecule has 7 nitrogen and oxygen atoms in total. The third-order valence-electron chi connectivity index (χ3n) is 2.71. The van der Waals surface area contributed by atoms with Crippen molar-refractivity contribution in [3.8, 4) is 5.75 Å². The standard InChI is InChI=1S/C13H11BrN2O5/c14-9-2-1-3-11(6-9)21-5-4-15-8-10(16(19)20)7-12(15)13(17)18/h1-3,6-8H,4-5H2,(H,17,18). The molecule has 0 fully saturated rings. The predicted octanol–water partition coefficient (Wildman–Crippen LogP) is 2.94. The maximum atomic E-state index is 11.0. The number of carboxylic acids is 1. The molecule has 2 aromatic rings. The Morgan fingerprint density at radius 1 is 1.43 bits per heavy atom. The first-order valence-electron chi connectivity index (χ1n) is 5.93. The summed E-state index contributed by atoms with van der Waals surface area (Å²) in [5.41, 5.74) is -0.394. The molecule has 21 heavy (non-hydrogen) atoms. The van der Waals surface area contributed by atoms with Crippen LogP contribution in [-0.2, 0) is 6.54 Å². The number of benzene rings is 1. The average Bonchev–Trinajstić information content (AvgIpc) is 2.83. The molecule has 1 N–H and O–H groups in total. The fourth-order valence-corrected chi connectivity index (χ4v) is 2.16. The van der Waals surface area contributed by atoms with Crippen molar-refractivity contribution in [2.24, 2.45) is 0 Å². The van der Waals surface area contributed by atoms with Crippen LogP contribution in [0.15, 0.2) is 41.0 Å². The Kier molecular flexibility index (Phi) is 4.59. The van der Waals surface area contributed by atoms with E-state index in [-0.39, 0.29) is 24.5 Å². The smallest absolute Gasteiger partial charge is 0.352 e. The molecule has 110 valence electrons. The van der Waals surface area contributed by atoms with E-state index >= 15 is 0 Å². The van der Waals surface area contributed by atoms with Gasteiger partial charge in [-0.3, -0.25) is 10.1 Å². The van der Waals surface area contributed by atoms with Crippen molar-refractivity contribution < 1.29 is 19.6 Å². The van der Waals surface area contributed by atoms with Crippen LogP contribution in [0.5, 0.6) is 5.75 Å². The van der Waals surface area contributed by atoms with E-state index in [1.54, 1.807) is 12.1 Å². The monoisotopic (exact) mass is 354 g/mol. The first-order valence-corrected chi connectivity index (χ1v) is 6.73. The molecule has 0 bridgehead atoms. The SMILES string of the molecule is O=C(O)c1cc([N+](=O)[O-])cn1CCOc1cccc(Br)c1. The van der Waals surface area contributed by atoms with E-state index < -0.39 is 10.9 Å². The van der Waals surface area contributed by atoms with E-state index in [0.717, 1.165) is 10.5 Å². The van der Waals surface area contributed by atoms with Crippen LogP contribution in [0.3, 0.4) is 0 Å². The van der Waals surface area contributed by atoms with Crippen LogP contribution in [0.2, 0.25) is 0 Å². The second kappa shape index (κ2) is 6.40. The number of aromatic nitrogens is 1. The van der Waals surface area contributed by atoms with Crippen LogP contribution in [0.25, 0.3) is 0 Å². The molecule has 1 heterocycles. The van der Waals surface area contributed by atoms with E-state index in [4.69, 9.17) is 9.84 Å². The van der Waals surface area contributed by atoms with E-state index in [1.165, 1.54) is 10.8 Å². The quantitative estimate of drug-likeness (QED) is 0.635. The topological polar surface area (TPSA) is 94.6 Å². The number of rotatable bonds is 6. The molecule has 0 unspecified atom stereocenters.